The number of carbonyl (C=O) groups excluding carboxylic acids is 1. The van der Waals surface area contributed by atoms with Gasteiger partial charge in [0.1, 0.15) is 0 Å². The van der Waals surface area contributed by atoms with Gasteiger partial charge in [0.25, 0.3) is 0 Å². The lowest BCUT2D eigenvalue weighted by Crippen LogP contribution is -2.20. The number of ether oxygens (including phenoxy) is 1. The highest BCUT2D eigenvalue weighted by molar-refractivity contribution is 5.72. The van der Waals surface area contributed by atoms with Crippen LogP contribution in [-0.4, -0.2) is 12.6 Å². The third kappa shape index (κ3) is 9.59. The Morgan fingerprint density at radius 2 is 2.09 bits per heavy atom. The Bertz CT molecular complexity index is 453. The van der Waals surface area contributed by atoms with Crippen LogP contribution >= 0.6 is 0 Å². The molecule has 3 nitrogen and oxygen atoms in total. The van der Waals surface area contributed by atoms with Crippen LogP contribution in [0.15, 0.2) is 24.8 Å². The van der Waals surface area contributed by atoms with Gasteiger partial charge in [-0.1, -0.05) is 38.0 Å². The van der Waals surface area contributed by atoms with Crippen LogP contribution in [0.3, 0.4) is 0 Å². The van der Waals surface area contributed by atoms with Crippen LogP contribution in [-0.2, 0) is 9.53 Å². The molecule has 0 aromatic heterocycles. The Kier molecular flexibility index (Phi) is 12.5. The summed E-state index contributed by atoms with van der Waals surface area (Å²) < 4.78 is 4.97. The third-order valence-electron chi connectivity index (χ3n) is 4.02. The summed E-state index contributed by atoms with van der Waals surface area (Å²) in [6, 6.07) is 2.28. The predicted octanol–water partition coefficient (Wildman–Crippen LogP) is 4.66. The molecule has 0 aliphatic heterocycles. The fourth-order valence-electron chi connectivity index (χ4n) is 2.38. The van der Waals surface area contributed by atoms with Gasteiger partial charge in [0.05, 0.1) is 17.9 Å². The van der Waals surface area contributed by atoms with E-state index in [-0.39, 0.29) is 24.4 Å². The molecule has 0 fully saturated rings. The Labute approximate surface area is 141 Å². The Morgan fingerprint density at radius 1 is 1.35 bits per heavy atom. The normalized spacial score (nSPS) is 14.4. The molecule has 0 heterocycles. The summed E-state index contributed by atoms with van der Waals surface area (Å²) in [5.74, 6) is 2.12. The zero-order valence-corrected chi connectivity index (χ0v) is 14.5. The quantitative estimate of drug-likeness (QED) is 0.299. The first-order valence-corrected chi connectivity index (χ1v) is 8.40. The molecule has 0 rings (SSSR count). The van der Waals surface area contributed by atoms with Gasteiger partial charge in [-0.3, -0.25) is 4.79 Å². The number of terminal acetylenes is 1. The molecule has 0 amide bonds. The molecule has 0 saturated heterocycles. The number of hydrogen-bond acceptors (Lipinski definition) is 3. The van der Waals surface area contributed by atoms with Crippen molar-refractivity contribution in [1.29, 1.82) is 5.26 Å². The topological polar surface area (TPSA) is 50.1 Å². The minimum absolute atomic E-state index is 0.00560. The van der Waals surface area contributed by atoms with Gasteiger partial charge in [-0.25, -0.2) is 0 Å². The molecular formula is C20H29NO2. The second-order valence-electron chi connectivity index (χ2n) is 5.67. The van der Waals surface area contributed by atoms with Crippen molar-refractivity contribution < 1.29 is 9.53 Å². The van der Waals surface area contributed by atoms with E-state index >= 15 is 0 Å². The van der Waals surface area contributed by atoms with Gasteiger partial charge in [0.15, 0.2) is 6.61 Å². The summed E-state index contributed by atoms with van der Waals surface area (Å²) in [7, 11) is 0. The molecule has 3 atom stereocenters. The van der Waals surface area contributed by atoms with Gasteiger partial charge in [-0.05, 0) is 44.4 Å². The van der Waals surface area contributed by atoms with Crippen molar-refractivity contribution in [3.8, 4) is 18.4 Å². The Morgan fingerprint density at radius 3 is 2.61 bits per heavy atom. The molecule has 0 aromatic rings. The molecule has 0 spiro atoms. The predicted molar refractivity (Wildman–Crippen MR) is 94.3 cm³/mol. The second-order valence-corrected chi connectivity index (χ2v) is 5.67. The largest absolute Gasteiger partial charge is 0.452 e. The van der Waals surface area contributed by atoms with Crippen LogP contribution in [0.4, 0.5) is 0 Å². The van der Waals surface area contributed by atoms with Crippen LogP contribution in [0.25, 0.3) is 0 Å². The maximum Gasteiger partial charge on any atom is 0.309 e. The van der Waals surface area contributed by atoms with Crippen LogP contribution in [0, 0.1) is 41.4 Å². The van der Waals surface area contributed by atoms with Gasteiger partial charge in [0, 0.05) is 0 Å². The van der Waals surface area contributed by atoms with Crippen molar-refractivity contribution >= 4 is 5.97 Å². The van der Waals surface area contributed by atoms with Gasteiger partial charge < -0.3 is 4.74 Å². The van der Waals surface area contributed by atoms with E-state index in [9.17, 15) is 10.1 Å². The van der Waals surface area contributed by atoms with Crippen molar-refractivity contribution in [2.45, 2.75) is 52.4 Å². The molecule has 0 aromatic carbocycles. The Balaban J connectivity index is 4.28. The summed E-state index contributed by atoms with van der Waals surface area (Å²) in [4.78, 5) is 11.8. The molecule has 23 heavy (non-hydrogen) atoms. The monoisotopic (exact) mass is 315 g/mol. The number of rotatable bonds is 12. The summed E-state index contributed by atoms with van der Waals surface area (Å²) in [5.41, 5.74) is 0. The van der Waals surface area contributed by atoms with Crippen molar-refractivity contribution in [3.63, 3.8) is 0 Å². The number of nitrogens with zero attached hydrogens (tertiary/aromatic N) is 1. The summed E-state index contributed by atoms with van der Waals surface area (Å²) in [6.07, 6.45) is 16.3. The molecule has 3 unspecified atom stereocenters. The average molecular weight is 315 g/mol. The molecular weight excluding hydrogens is 286 g/mol. The SMILES string of the molecule is C#CCOC(=O)C(CC)CC(C#N)C/C=C/CCC(C=C)CC. The lowest BCUT2D eigenvalue weighted by Gasteiger charge is -2.15. The number of allylic oxidation sites excluding steroid dienone is 3. The summed E-state index contributed by atoms with van der Waals surface area (Å²) in [6.45, 7) is 7.90. The van der Waals surface area contributed by atoms with E-state index in [4.69, 9.17) is 11.2 Å². The van der Waals surface area contributed by atoms with E-state index in [1.165, 1.54) is 0 Å². The maximum atomic E-state index is 11.8. The molecule has 0 aliphatic rings. The zero-order chi connectivity index (χ0) is 17.5. The van der Waals surface area contributed by atoms with Crippen LogP contribution in [0.2, 0.25) is 0 Å². The fourth-order valence-corrected chi connectivity index (χ4v) is 2.38. The summed E-state index contributed by atoms with van der Waals surface area (Å²) >= 11 is 0. The number of esters is 1. The minimum Gasteiger partial charge on any atom is -0.452 e. The standard InChI is InChI=1S/C20H29NO2/c1-5-14-23-20(22)19(8-4)15-18(16-21)13-11-9-10-12-17(6-2)7-3/h1,6,9,11,17-19H,2,7-8,10,12-15H2,3-4H3/b11-9+. The highest BCUT2D eigenvalue weighted by Crippen LogP contribution is 2.20. The summed E-state index contributed by atoms with van der Waals surface area (Å²) in [5, 5.41) is 9.27. The lowest BCUT2D eigenvalue weighted by molar-refractivity contribution is -0.147. The van der Waals surface area contributed by atoms with E-state index in [0.717, 1.165) is 19.3 Å². The molecule has 0 saturated carbocycles. The van der Waals surface area contributed by atoms with Gasteiger partial charge in [-0.2, -0.15) is 5.26 Å². The molecule has 0 N–H and O–H groups in total. The van der Waals surface area contributed by atoms with Crippen molar-refractivity contribution in [2.75, 3.05) is 6.61 Å². The highest BCUT2D eigenvalue weighted by Gasteiger charge is 2.22. The van der Waals surface area contributed by atoms with Crippen molar-refractivity contribution in [3.05, 3.63) is 24.8 Å². The third-order valence-corrected chi connectivity index (χ3v) is 4.02. The van der Waals surface area contributed by atoms with Crippen LogP contribution < -0.4 is 0 Å². The molecule has 126 valence electrons. The van der Waals surface area contributed by atoms with Crippen LogP contribution in [0.1, 0.15) is 52.4 Å². The number of hydrogen-bond donors (Lipinski definition) is 0. The van der Waals surface area contributed by atoms with Crippen molar-refractivity contribution in [1.82, 2.24) is 0 Å². The van der Waals surface area contributed by atoms with E-state index < -0.39 is 0 Å². The van der Waals surface area contributed by atoms with Gasteiger partial charge in [0.2, 0.25) is 0 Å². The molecule has 3 heteroatoms. The first-order chi connectivity index (χ1) is 11.1. The van der Waals surface area contributed by atoms with E-state index in [0.29, 0.717) is 25.2 Å². The molecule has 0 bridgehead atoms. The first-order valence-electron chi connectivity index (χ1n) is 8.40. The molecule has 0 aliphatic carbocycles. The molecule has 0 radical (unpaired) electrons. The second kappa shape index (κ2) is 13.6. The average Bonchev–Trinajstić information content (AvgIpc) is 2.58. The lowest BCUT2D eigenvalue weighted by atomic mass is 9.91. The van der Waals surface area contributed by atoms with E-state index in [1.807, 2.05) is 19.1 Å². The maximum absolute atomic E-state index is 11.8. The van der Waals surface area contributed by atoms with E-state index in [1.54, 1.807) is 0 Å². The highest BCUT2D eigenvalue weighted by atomic mass is 16.5. The van der Waals surface area contributed by atoms with Gasteiger partial charge >= 0.3 is 5.97 Å². The van der Waals surface area contributed by atoms with E-state index in [2.05, 4.69) is 31.6 Å². The van der Waals surface area contributed by atoms with Gasteiger partial charge in [-0.15, -0.1) is 13.0 Å². The number of carbonyl (C=O) groups is 1. The smallest absolute Gasteiger partial charge is 0.309 e. The van der Waals surface area contributed by atoms with Crippen LogP contribution in [0.5, 0.6) is 0 Å². The zero-order valence-electron chi connectivity index (χ0n) is 14.5. The minimum atomic E-state index is -0.300. The number of nitriles is 1. The first kappa shape index (κ1) is 21.0. The fraction of sp³-hybridized carbons (Fsp3) is 0.600. The van der Waals surface area contributed by atoms with Crippen molar-refractivity contribution in [2.24, 2.45) is 17.8 Å². The Hall–Kier alpha value is -2.00.